The zero-order valence-electron chi connectivity index (χ0n) is 14.8. The van der Waals surface area contributed by atoms with Crippen molar-refractivity contribution in [2.45, 2.75) is 26.8 Å². The molecule has 1 atom stereocenters. The predicted octanol–water partition coefficient (Wildman–Crippen LogP) is 4.37. The van der Waals surface area contributed by atoms with E-state index in [2.05, 4.69) is 49.6 Å². The van der Waals surface area contributed by atoms with Crippen LogP contribution in [-0.4, -0.2) is 19.3 Å². The number of anilines is 1. The Kier molecular flexibility index (Phi) is 6.04. The van der Waals surface area contributed by atoms with Crippen LogP contribution in [-0.2, 0) is 0 Å². The fourth-order valence-corrected chi connectivity index (χ4v) is 2.86. The maximum Gasteiger partial charge on any atom is 0.171 e. The molecule has 0 aliphatic carbocycles. The number of hydrogen-bond donors (Lipinski definition) is 2. The van der Waals surface area contributed by atoms with E-state index in [-0.39, 0.29) is 6.04 Å². The first-order chi connectivity index (χ1) is 11.4. The molecule has 1 unspecified atom stereocenters. The van der Waals surface area contributed by atoms with Crippen LogP contribution in [0.3, 0.4) is 0 Å². The van der Waals surface area contributed by atoms with Gasteiger partial charge in [-0.05, 0) is 56.2 Å². The molecule has 0 aliphatic rings. The van der Waals surface area contributed by atoms with Crippen molar-refractivity contribution in [3.8, 4) is 11.5 Å². The van der Waals surface area contributed by atoms with Crippen molar-refractivity contribution in [2.24, 2.45) is 0 Å². The van der Waals surface area contributed by atoms with Gasteiger partial charge in [-0.15, -0.1) is 0 Å². The SMILES string of the molecule is COc1ccc(OC)c(NC(=S)NC(C)c2cc(C)ccc2C)c1. The van der Waals surface area contributed by atoms with Crippen LogP contribution in [0.15, 0.2) is 36.4 Å². The maximum atomic E-state index is 5.46. The zero-order valence-corrected chi connectivity index (χ0v) is 15.6. The number of aryl methyl sites for hydroxylation is 2. The zero-order chi connectivity index (χ0) is 17.7. The Morgan fingerprint density at radius 2 is 1.79 bits per heavy atom. The lowest BCUT2D eigenvalue weighted by molar-refractivity contribution is 0.405. The standard InChI is InChI=1S/C19H24N2O2S/c1-12-6-7-13(2)16(10-12)14(3)20-19(24)21-17-11-15(22-4)8-9-18(17)23-5/h6-11,14H,1-5H3,(H2,20,21,24). The van der Waals surface area contributed by atoms with Gasteiger partial charge in [0.25, 0.3) is 0 Å². The molecule has 0 fully saturated rings. The minimum absolute atomic E-state index is 0.0986. The molecule has 128 valence electrons. The van der Waals surface area contributed by atoms with Crippen LogP contribution in [0.2, 0.25) is 0 Å². The van der Waals surface area contributed by atoms with Crippen LogP contribution in [0, 0.1) is 13.8 Å². The molecule has 24 heavy (non-hydrogen) atoms. The highest BCUT2D eigenvalue weighted by Crippen LogP contribution is 2.29. The summed E-state index contributed by atoms with van der Waals surface area (Å²) in [6.07, 6.45) is 0. The van der Waals surface area contributed by atoms with Gasteiger partial charge in [-0.1, -0.05) is 23.8 Å². The summed E-state index contributed by atoms with van der Waals surface area (Å²) in [5, 5.41) is 7.05. The van der Waals surface area contributed by atoms with Crippen LogP contribution >= 0.6 is 12.2 Å². The monoisotopic (exact) mass is 344 g/mol. The van der Waals surface area contributed by atoms with Gasteiger partial charge in [0.2, 0.25) is 0 Å². The van der Waals surface area contributed by atoms with Crippen molar-refractivity contribution in [2.75, 3.05) is 19.5 Å². The summed E-state index contributed by atoms with van der Waals surface area (Å²) >= 11 is 5.46. The van der Waals surface area contributed by atoms with Crippen LogP contribution in [0.4, 0.5) is 5.69 Å². The van der Waals surface area contributed by atoms with Crippen molar-refractivity contribution < 1.29 is 9.47 Å². The smallest absolute Gasteiger partial charge is 0.171 e. The van der Waals surface area contributed by atoms with E-state index in [4.69, 9.17) is 21.7 Å². The summed E-state index contributed by atoms with van der Waals surface area (Å²) in [6.45, 7) is 6.29. The third kappa shape index (κ3) is 4.38. The molecule has 2 aromatic carbocycles. The summed E-state index contributed by atoms with van der Waals surface area (Å²) in [4.78, 5) is 0. The van der Waals surface area contributed by atoms with Gasteiger partial charge in [0.1, 0.15) is 11.5 Å². The normalized spacial score (nSPS) is 11.5. The van der Waals surface area contributed by atoms with Crippen molar-refractivity contribution in [1.29, 1.82) is 0 Å². The summed E-state index contributed by atoms with van der Waals surface area (Å²) in [5.41, 5.74) is 4.47. The van der Waals surface area contributed by atoms with E-state index in [0.717, 1.165) is 11.4 Å². The number of nitrogens with one attached hydrogen (secondary N) is 2. The average Bonchev–Trinajstić information content (AvgIpc) is 2.56. The van der Waals surface area contributed by atoms with Crippen LogP contribution in [0.25, 0.3) is 0 Å². The van der Waals surface area contributed by atoms with E-state index < -0.39 is 0 Å². The third-order valence-electron chi connectivity index (χ3n) is 3.90. The molecule has 0 bridgehead atoms. The van der Waals surface area contributed by atoms with E-state index in [1.807, 2.05) is 18.2 Å². The Morgan fingerprint density at radius 3 is 2.46 bits per heavy atom. The number of hydrogen-bond acceptors (Lipinski definition) is 3. The van der Waals surface area contributed by atoms with Gasteiger partial charge in [0.15, 0.2) is 5.11 Å². The summed E-state index contributed by atoms with van der Waals surface area (Å²) in [5.74, 6) is 1.45. The van der Waals surface area contributed by atoms with E-state index in [1.165, 1.54) is 16.7 Å². The first-order valence-electron chi connectivity index (χ1n) is 7.81. The van der Waals surface area contributed by atoms with Crippen LogP contribution < -0.4 is 20.1 Å². The van der Waals surface area contributed by atoms with Crippen molar-refractivity contribution in [3.05, 3.63) is 53.1 Å². The van der Waals surface area contributed by atoms with Gasteiger partial charge in [-0.3, -0.25) is 0 Å². The minimum Gasteiger partial charge on any atom is -0.497 e. The molecule has 5 heteroatoms. The lowest BCUT2D eigenvalue weighted by Crippen LogP contribution is -2.31. The maximum absolute atomic E-state index is 5.46. The second-order valence-corrected chi connectivity index (χ2v) is 6.15. The molecule has 2 N–H and O–H groups in total. The first kappa shape index (κ1) is 18.1. The first-order valence-corrected chi connectivity index (χ1v) is 8.22. The topological polar surface area (TPSA) is 42.5 Å². The van der Waals surface area contributed by atoms with Gasteiger partial charge in [-0.25, -0.2) is 0 Å². The highest BCUT2D eigenvalue weighted by Gasteiger charge is 2.12. The summed E-state index contributed by atoms with van der Waals surface area (Å²) < 4.78 is 10.6. The Hall–Kier alpha value is -2.27. The summed E-state index contributed by atoms with van der Waals surface area (Å²) in [6, 6.07) is 12.1. The number of benzene rings is 2. The second kappa shape index (κ2) is 8.02. The second-order valence-electron chi connectivity index (χ2n) is 5.75. The Balaban J connectivity index is 2.11. The number of thiocarbonyl (C=S) groups is 1. The Bertz CT molecular complexity index is 731. The van der Waals surface area contributed by atoms with E-state index in [0.29, 0.717) is 10.9 Å². The summed E-state index contributed by atoms with van der Waals surface area (Å²) in [7, 11) is 3.26. The molecule has 0 amide bonds. The molecule has 0 aromatic heterocycles. The number of rotatable bonds is 5. The lowest BCUT2D eigenvalue weighted by Gasteiger charge is -2.20. The van der Waals surface area contributed by atoms with Crippen LogP contribution in [0.5, 0.6) is 11.5 Å². The molecule has 0 heterocycles. The molecule has 2 aromatic rings. The molecular weight excluding hydrogens is 320 g/mol. The van der Waals surface area contributed by atoms with Gasteiger partial charge < -0.3 is 20.1 Å². The van der Waals surface area contributed by atoms with Crippen molar-refractivity contribution in [1.82, 2.24) is 5.32 Å². The highest BCUT2D eigenvalue weighted by molar-refractivity contribution is 7.80. The fourth-order valence-electron chi connectivity index (χ4n) is 2.57. The van der Waals surface area contributed by atoms with Gasteiger partial charge in [-0.2, -0.15) is 0 Å². The van der Waals surface area contributed by atoms with E-state index in [9.17, 15) is 0 Å². The van der Waals surface area contributed by atoms with E-state index in [1.54, 1.807) is 14.2 Å². The molecule has 0 radical (unpaired) electrons. The van der Waals surface area contributed by atoms with Gasteiger partial charge in [0, 0.05) is 6.07 Å². The van der Waals surface area contributed by atoms with Gasteiger partial charge >= 0.3 is 0 Å². The molecule has 0 spiro atoms. The largest absolute Gasteiger partial charge is 0.497 e. The molecule has 4 nitrogen and oxygen atoms in total. The quantitative estimate of drug-likeness (QED) is 0.789. The number of methoxy groups -OCH3 is 2. The van der Waals surface area contributed by atoms with Crippen molar-refractivity contribution in [3.63, 3.8) is 0 Å². The molecule has 0 saturated carbocycles. The lowest BCUT2D eigenvalue weighted by atomic mass is 10.0. The Morgan fingerprint density at radius 1 is 1.04 bits per heavy atom. The minimum atomic E-state index is 0.0986. The van der Waals surface area contributed by atoms with Crippen molar-refractivity contribution >= 4 is 23.0 Å². The number of ether oxygens (including phenoxy) is 2. The average molecular weight is 344 g/mol. The highest BCUT2D eigenvalue weighted by atomic mass is 32.1. The predicted molar refractivity (Wildman–Crippen MR) is 103 cm³/mol. The third-order valence-corrected chi connectivity index (χ3v) is 4.12. The molecule has 0 saturated heterocycles. The van der Waals surface area contributed by atoms with E-state index >= 15 is 0 Å². The molecule has 0 aliphatic heterocycles. The van der Waals surface area contributed by atoms with Gasteiger partial charge in [0.05, 0.1) is 25.9 Å². The Labute approximate surface area is 149 Å². The van der Waals surface area contributed by atoms with Crippen LogP contribution in [0.1, 0.15) is 29.7 Å². The fraction of sp³-hybridized carbons (Fsp3) is 0.316. The molecular formula is C19H24N2O2S. The molecule has 2 rings (SSSR count).